The molecule has 3 heteroatoms. The topological polar surface area (TPSA) is 35.5 Å². The van der Waals surface area contributed by atoms with Crippen LogP contribution in [0.3, 0.4) is 0 Å². The Morgan fingerprint density at radius 1 is 0.929 bits per heavy atom. The Labute approximate surface area is 165 Å². The molecule has 0 fully saturated rings. The predicted molar refractivity (Wildman–Crippen MR) is 111 cm³/mol. The van der Waals surface area contributed by atoms with Gasteiger partial charge in [-0.1, -0.05) is 48.5 Å². The van der Waals surface area contributed by atoms with Crippen molar-refractivity contribution in [1.82, 2.24) is 0 Å². The SMILES string of the molecule is COc1ccccc1/C=C1\CCc2cc(OCc3ccccc3)ccc2C1=O. The van der Waals surface area contributed by atoms with Gasteiger partial charge in [0, 0.05) is 16.7 Å². The van der Waals surface area contributed by atoms with Gasteiger partial charge in [0.2, 0.25) is 0 Å². The second-order valence-corrected chi connectivity index (χ2v) is 6.83. The van der Waals surface area contributed by atoms with E-state index in [1.165, 1.54) is 0 Å². The van der Waals surface area contributed by atoms with Gasteiger partial charge in [0.25, 0.3) is 0 Å². The number of methoxy groups -OCH3 is 1. The van der Waals surface area contributed by atoms with Gasteiger partial charge in [0.05, 0.1) is 7.11 Å². The molecule has 0 spiro atoms. The number of hydrogen-bond acceptors (Lipinski definition) is 3. The minimum atomic E-state index is 0.0850. The summed E-state index contributed by atoms with van der Waals surface area (Å²) in [4.78, 5) is 13.0. The first-order chi connectivity index (χ1) is 13.7. The Hall–Kier alpha value is -3.33. The van der Waals surface area contributed by atoms with Crippen LogP contribution in [0.1, 0.15) is 33.5 Å². The Morgan fingerprint density at radius 3 is 2.54 bits per heavy atom. The lowest BCUT2D eigenvalue weighted by Gasteiger charge is -2.19. The molecule has 0 N–H and O–H groups in total. The van der Waals surface area contributed by atoms with Crippen LogP contribution in [0.4, 0.5) is 0 Å². The molecule has 0 bridgehead atoms. The highest BCUT2D eigenvalue weighted by Gasteiger charge is 2.22. The van der Waals surface area contributed by atoms with Crippen molar-refractivity contribution >= 4 is 11.9 Å². The second-order valence-electron chi connectivity index (χ2n) is 6.83. The van der Waals surface area contributed by atoms with Crippen molar-refractivity contribution in [3.8, 4) is 11.5 Å². The fourth-order valence-electron chi connectivity index (χ4n) is 3.50. The monoisotopic (exact) mass is 370 g/mol. The van der Waals surface area contributed by atoms with Crippen LogP contribution in [-0.2, 0) is 13.0 Å². The van der Waals surface area contributed by atoms with E-state index in [0.29, 0.717) is 13.0 Å². The highest BCUT2D eigenvalue weighted by atomic mass is 16.5. The van der Waals surface area contributed by atoms with E-state index in [0.717, 1.165) is 45.7 Å². The van der Waals surface area contributed by atoms with Crippen LogP contribution in [0.25, 0.3) is 6.08 Å². The third-order valence-corrected chi connectivity index (χ3v) is 4.99. The zero-order valence-corrected chi connectivity index (χ0v) is 15.9. The van der Waals surface area contributed by atoms with Crippen molar-refractivity contribution < 1.29 is 14.3 Å². The smallest absolute Gasteiger partial charge is 0.189 e. The molecule has 1 aliphatic carbocycles. The van der Waals surface area contributed by atoms with Crippen molar-refractivity contribution in [2.24, 2.45) is 0 Å². The number of rotatable bonds is 5. The molecule has 0 unspecified atom stereocenters. The van der Waals surface area contributed by atoms with Crippen molar-refractivity contribution in [1.29, 1.82) is 0 Å². The van der Waals surface area contributed by atoms with Gasteiger partial charge in [-0.25, -0.2) is 0 Å². The van der Waals surface area contributed by atoms with E-state index in [1.807, 2.05) is 78.9 Å². The molecule has 0 atom stereocenters. The van der Waals surface area contributed by atoms with E-state index in [4.69, 9.17) is 9.47 Å². The van der Waals surface area contributed by atoms with E-state index in [-0.39, 0.29) is 5.78 Å². The standard InChI is InChI=1S/C25H22O3/c1-27-24-10-6-5-9-20(24)15-21-12-11-19-16-22(13-14-23(19)25(21)26)28-17-18-7-3-2-4-8-18/h2-10,13-16H,11-12,17H2,1H3/b21-15+. The van der Waals surface area contributed by atoms with Gasteiger partial charge in [0.1, 0.15) is 18.1 Å². The normalized spacial score (nSPS) is 14.6. The highest BCUT2D eigenvalue weighted by molar-refractivity contribution is 6.13. The van der Waals surface area contributed by atoms with Crippen LogP contribution in [-0.4, -0.2) is 12.9 Å². The maximum Gasteiger partial charge on any atom is 0.189 e. The summed E-state index contributed by atoms with van der Waals surface area (Å²) in [5.74, 6) is 1.66. The number of allylic oxidation sites excluding steroid dienone is 1. The van der Waals surface area contributed by atoms with Crippen molar-refractivity contribution in [2.45, 2.75) is 19.4 Å². The molecule has 4 rings (SSSR count). The molecule has 0 saturated heterocycles. The van der Waals surface area contributed by atoms with Crippen molar-refractivity contribution in [2.75, 3.05) is 7.11 Å². The number of carbonyl (C=O) groups is 1. The second kappa shape index (κ2) is 8.13. The molecule has 28 heavy (non-hydrogen) atoms. The first-order valence-electron chi connectivity index (χ1n) is 9.42. The lowest BCUT2D eigenvalue weighted by Crippen LogP contribution is -2.14. The third kappa shape index (κ3) is 3.84. The molecular weight excluding hydrogens is 348 g/mol. The van der Waals surface area contributed by atoms with E-state index < -0.39 is 0 Å². The first-order valence-corrected chi connectivity index (χ1v) is 9.42. The number of hydrogen-bond donors (Lipinski definition) is 0. The number of para-hydroxylation sites is 1. The molecule has 0 aromatic heterocycles. The van der Waals surface area contributed by atoms with Gasteiger partial charge in [-0.2, -0.15) is 0 Å². The molecule has 0 heterocycles. The molecule has 3 nitrogen and oxygen atoms in total. The highest BCUT2D eigenvalue weighted by Crippen LogP contribution is 2.31. The summed E-state index contributed by atoms with van der Waals surface area (Å²) in [5, 5.41) is 0. The fourth-order valence-corrected chi connectivity index (χ4v) is 3.50. The Morgan fingerprint density at radius 2 is 1.71 bits per heavy atom. The summed E-state index contributed by atoms with van der Waals surface area (Å²) in [7, 11) is 1.65. The van der Waals surface area contributed by atoms with E-state index >= 15 is 0 Å². The maximum absolute atomic E-state index is 13.0. The summed E-state index contributed by atoms with van der Waals surface area (Å²) in [6.07, 6.45) is 3.49. The lowest BCUT2D eigenvalue weighted by atomic mass is 9.86. The van der Waals surface area contributed by atoms with Crippen LogP contribution in [0, 0.1) is 0 Å². The molecule has 0 radical (unpaired) electrons. The van der Waals surface area contributed by atoms with Gasteiger partial charge >= 0.3 is 0 Å². The minimum Gasteiger partial charge on any atom is -0.496 e. The molecule has 3 aromatic carbocycles. The summed E-state index contributed by atoms with van der Waals surface area (Å²) in [5.41, 5.74) is 4.68. The summed E-state index contributed by atoms with van der Waals surface area (Å²) >= 11 is 0. The number of ether oxygens (including phenoxy) is 2. The zero-order chi connectivity index (χ0) is 19.3. The van der Waals surface area contributed by atoms with Crippen molar-refractivity contribution in [3.63, 3.8) is 0 Å². The van der Waals surface area contributed by atoms with E-state index in [1.54, 1.807) is 7.11 Å². The number of aryl methyl sites for hydroxylation is 1. The summed E-state index contributed by atoms with van der Waals surface area (Å²) in [6, 6.07) is 23.6. The molecule has 1 aliphatic rings. The third-order valence-electron chi connectivity index (χ3n) is 4.99. The maximum atomic E-state index is 13.0. The number of Topliss-reactive ketones (excluding diaryl/α,β-unsaturated/α-hetero) is 1. The van der Waals surface area contributed by atoms with Crippen LogP contribution in [0.5, 0.6) is 11.5 Å². The van der Waals surface area contributed by atoms with Crippen LogP contribution in [0.15, 0.2) is 78.4 Å². The largest absolute Gasteiger partial charge is 0.496 e. The number of carbonyl (C=O) groups excluding carboxylic acids is 1. The Balaban J connectivity index is 1.53. The molecule has 0 aliphatic heterocycles. The molecule has 140 valence electrons. The lowest BCUT2D eigenvalue weighted by molar-refractivity contribution is 0.102. The van der Waals surface area contributed by atoms with Crippen molar-refractivity contribution in [3.05, 3.63) is 101 Å². The van der Waals surface area contributed by atoms with Gasteiger partial charge in [-0.3, -0.25) is 4.79 Å². The summed E-state index contributed by atoms with van der Waals surface area (Å²) in [6.45, 7) is 0.520. The quantitative estimate of drug-likeness (QED) is 0.557. The van der Waals surface area contributed by atoms with E-state index in [2.05, 4.69) is 0 Å². The first kappa shape index (κ1) is 18.1. The predicted octanol–water partition coefficient (Wildman–Crippen LogP) is 5.49. The fraction of sp³-hybridized carbons (Fsp3) is 0.160. The van der Waals surface area contributed by atoms with Gasteiger partial charge < -0.3 is 9.47 Å². The molecule has 0 saturated carbocycles. The minimum absolute atomic E-state index is 0.0850. The average molecular weight is 370 g/mol. The van der Waals surface area contributed by atoms with E-state index in [9.17, 15) is 4.79 Å². The Bertz CT molecular complexity index is 1020. The number of ketones is 1. The van der Waals surface area contributed by atoms with Gasteiger partial charge in [0.15, 0.2) is 5.78 Å². The number of benzene rings is 3. The van der Waals surface area contributed by atoms with Gasteiger partial charge in [-0.15, -0.1) is 0 Å². The average Bonchev–Trinajstić information content (AvgIpc) is 2.75. The molecular formula is C25H22O3. The van der Waals surface area contributed by atoms with Gasteiger partial charge in [-0.05, 0) is 54.3 Å². The summed E-state index contributed by atoms with van der Waals surface area (Å²) < 4.78 is 11.3. The van der Waals surface area contributed by atoms with Crippen LogP contribution in [0.2, 0.25) is 0 Å². The number of fused-ring (bicyclic) bond motifs is 1. The molecule has 0 amide bonds. The Kier molecular flexibility index (Phi) is 5.24. The molecule has 3 aromatic rings. The zero-order valence-electron chi connectivity index (χ0n) is 15.9. The van der Waals surface area contributed by atoms with Crippen LogP contribution >= 0.6 is 0 Å². The van der Waals surface area contributed by atoms with Crippen LogP contribution < -0.4 is 9.47 Å².